The van der Waals surface area contributed by atoms with E-state index in [9.17, 15) is 0 Å². The topological polar surface area (TPSA) is 18.5 Å². The minimum atomic E-state index is 0.191. The van der Waals surface area contributed by atoms with Gasteiger partial charge in [0.1, 0.15) is 0 Å². The molecule has 0 heterocycles. The summed E-state index contributed by atoms with van der Waals surface area (Å²) < 4.78 is 11.7. The molecule has 2 aromatic carbocycles. The van der Waals surface area contributed by atoms with Crippen LogP contribution in [0.5, 0.6) is 0 Å². The molecule has 0 saturated carbocycles. The summed E-state index contributed by atoms with van der Waals surface area (Å²) in [7, 11) is 0. The predicted molar refractivity (Wildman–Crippen MR) is 86.0 cm³/mol. The van der Waals surface area contributed by atoms with Gasteiger partial charge in [-0.15, -0.1) is 0 Å². The van der Waals surface area contributed by atoms with E-state index in [2.05, 4.69) is 38.1 Å². The number of benzene rings is 2. The van der Waals surface area contributed by atoms with Crippen molar-refractivity contribution < 1.29 is 9.47 Å². The molecule has 2 nitrogen and oxygen atoms in total. The summed E-state index contributed by atoms with van der Waals surface area (Å²) in [5, 5.41) is 0. The van der Waals surface area contributed by atoms with Crippen molar-refractivity contribution >= 4 is 0 Å². The highest BCUT2D eigenvalue weighted by Crippen LogP contribution is 2.11. The standard InChI is InChI=1S/C19H24O2/c1-16(20-14-18-9-5-3-6-10-18)13-17(2)21-15-19-11-7-4-8-12-19/h3-12,16-17H,13-15H2,1-2H3. The van der Waals surface area contributed by atoms with Crippen molar-refractivity contribution in [3.63, 3.8) is 0 Å². The zero-order valence-electron chi connectivity index (χ0n) is 12.9. The molecule has 2 heteroatoms. The summed E-state index contributed by atoms with van der Waals surface area (Å²) in [5.41, 5.74) is 2.42. The van der Waals surface area contributed by atoms with Crippen LogP contribution in [-0.4, -0.2) is 12.2 Å². The molecule has 0 aromatic heterocycles. The Labute approximate surface area is 127 Å². The highest BCUT2D eigenvalue weighted by Gasteiger charge is 2.10. The normalized spacial score (nSPS) is 13.8. The Morgan fingerprint density at radius 3 is 1.43 bits per heavy atom. The smallest absolute Gasteiger partial charge is 0.0720 e. The molecule has 0 bridgehead atoms. The fourth-order valence-electron chi connectivity index (χ4n) is 2.23. The van der Waals surface area contributed by atoms with E-state index in [1.165, 1.54) is 11.1 Å². The van der Waals surface area contributed by atoms with Crippen LogP contribution in [0.3, 0.4) is 0 Å². The van der Waals surface area contributed by atoms with E-state index in [1.54, 1.807) is 0 Å². The number of hydrogen-bond acceptors (Lipinski definition) is 2. The zero-order chi connectivity index (χ0) is 14.9. The molecule has 112 valence electrons. The summed E-state index contributed by atoms with van der Waals surface area (Å²) in [4.78, 5) is 0. The van der Waals surface area contributed by atoms with Crippen molar-refractivity contribution in [1.29, 1.82) is 0 Å². The largest absolute Gasteiger partial charge is 0.374 e. The van der Waals surface area contributed by atoms with Gasteiger partial charge in [-0.25, -0.2) is 0 Å². The van der Waals surface area contributed by atoms with Gasteiger partial charge in [0.05, 0.1) is 25.4 Å². The first-order valence-corrected chi connectivity index (χ1v) is 7.55. The van der Waals surface area contributed by atoms with Gasteiger partial charge in [-0.3, -0.25) is 0 Å². The molecule has 0 spiro atoms. The van der Waals surface area contributed by atoms with Crippen molar-refractivity contribution in [1.82, 2.24) is 0 Å². The highest BCUT2D eigenvalue weighted by molar-refractivity contribution is 5.14. The SMILES string of the molecule is CC(CC(C)OCc1ccccc1)OCc1ccccc1. The molecule has 2 unspecified atom stereocenters. The second kappa shape index (κ2) is 8.60. The fraction of sp³-hybridized carbons (Fsp3) is 0.368. The summed E-state index contributed by atoms with van der Waals surface area (Å²) >= 11 is 0. The maximum absolute atomic E-state index is 5.87. The first-order valence-electron chi connectivity index (χ1n) is 7.55. The van der Waals surface area contributed by atoms with E-state index in [4.69, 9.17) is 9.47 Å². The van der Waals surface area contributed by atoms with Crippen LogP contribution < -0.4 is 0 Å². The fourth-order valence-corrected chi connectivity index (χ4v) is 2.23. The van der Waals surface area contributed by atoms with E-state index in [0.29, 0.717) is 13.2 Å². The van der Waals surface area contributed by atoms with Crippen molar-refractivity contribution in [2.24, 2.45) is 0 Å². The van der Waals surface area contributed by atoms with E-state index >= 15 is 0 Å². The molecular weight excluding hydrogens is 260 g/mol. The highest BCUT2D eigenvalue weighted by atomic mass is 16.5. The maximum atomic E-state index is 5.87. The van der Waals surface area contributed by atoms with Gasteiger partial charge in [-0.2, -0.15) is 0 Å². The average molecular weight is 284 g/mol. The molecule has 0 N–H and O–H groups in total. The van der Waals surface area contributed by atoms with Gasteiger partial charge in [0.25, 0.3) is 0 Å². The Morgan fingerprint density at radius 2 is 1.05 bits per heavy atom. The van der Waals surface area contributed by atoms with Crippen LogP contribution in [0.15, 0.2) is 60.7 Å². The monoisotopic (exact) mass is 284 g/mol. The third kappa shape index (κ3) is 6.11. The Morgan fingerprint density at radius 1 is 0.667 bits per heavy atom. The molecule has 2 atom stereocenters. The Kier molecular flexibility index (Phi) is 6.45. The van der Waals surface area contributed by atoms with Crippen molar-refractivity contribution in [3.8, 4) is 0 Å². The van der Waals surface area contributed by atoms with Gasteiger partial charge < -0.3 is 9.47 Å². The second-order valence-corrected chi connectivity index (χ2v) is 5.45. The molecule has 0 radical (unpaired) electrons. The van der Waals surface area contributed by atoms with Gasteiger partial charge in [-0.05, 0) is 31.4 Å². The molecule has 0 saturated heterocycles. The molecule has 0 amide bonds. The van der Waals surface area contributed by atoms with Crippen LogP contribution in [0.2, 0.25) is 0 Å². The lowest BCUT2D eigenvalue weighted by molar-refractivity contribution is -0.0149. The quantitative estimate of drug-likeness (QED) is 0.706. The van der Waals surface area contributed by atoms with Gasteiger partial charge in [0.15, 0.2) is 0 Å². The molecule has 21 heavy (non-hydrogen) atoms. The Hall–Kier alpha value is -1.64. The van der Waals surface area contributed by atoms with Crippen LogP contribution in [0.1, 0.15) is 31.4 Å². The van der Waals surface area contributed by atoms with Gasteiger partial charge in [0.2, 0.25) is 0 Å². The zero-order valence-corrected chi connectivity index (χ0v) is 12.9. The molecule has 0 fully saturated rings. The number of ether oxygens (including phenoxy) is 2. The molecule has 2 aromatic rings. The molecule has 0 aliphatic rings. The van der Waals surface area contributed by atoms with Gasteiger partial charge in [-0.1, -0.05) is 60.7 Å². The van der Waals surface area contributed by atoms with E-state index in [-0.39, 0.29) is 12.2 Å². The maximum Gasteiger partial charge on any atom is 0.0720 e. The minimum absolute atomic E-state index is 0.191. The van der Waals surface area contributed by atoms with Crippen LogP contribution in [0.4, 0.5) is 0 Å². The Balaban J connectivity index is 1.66. The lowest BCUT2D eigenvalue weighted by atomic mass is 10.2. The van der Waals surface area contributed by atoms with Crippen LogP contribution in [-0.2, 0) is 22.7 Å². The van der Waals surface area contributed by atoms with Gasteiger partial charge >= 0.3 is 0 Å². The summed E-state index contributed by atoms with van der Waals surface area (Å²) in [6.45, 7) is 5.53. The first-order chi connectivity index (χ1) is 10.2. The number of rotatable bonds is 8. The third-order valence-corrected chi connectivity index (χ3v) is 3.42. The lowest BCUT2D eigenvalue weighted by Gasteiger charge is -2.19. The first kappa shape index (κ1) is 15.7. The number of hydrogen-bond donors (Lipinski definition) is 0. The van der Waals surface area contributed by atoms with Crippen molar-refractivity contribution in [2.45, 2.75) is 45.7 Å². The van der Waals surface area contributed by atoms with Crippen molar-refractivity contribution in [3.05, 3.63) is 71.8 Å². The third-order valence-electron chi connectivity index (χ3n) is 3.42. The molecule has 0 aliphatic carbocycles. The summed E-state index contributed by atoms with van der Waals surface area (Å²) in [6.07, 6.45) is 1.28. The Bertz CT molecular complexity index is 448. The van der Waals surface area contributed by atoms with Gasteiger partial charge in [0, 0.05) is 0 Å². The van der Waals surface area contributed by atoms with Crippen LogP contribution in [0, 0.1) is 0 Å². The minimum Gasteiger partial charge on any atom is -0.374 e. The lowest BCUT2D eigenvalue weighted by Crippen LogP contribution is -2.18. The van der Waals surface area contributed by atoms with Crippen molar-refractivity contribution in [2.75, 3.05) is 0 Å². The predicted octanol–water partition coefficient (Wildman–Crippen LogP) is 4.59. The molecular formula is C19H24O2. The van der Waals surface area contributed by atoms with E-state index < -0.39 is 0 Å². The average Bonchev–Trinajstić information content (AvgIpc) is 2.53. The summed E-state index contributed by atoms with van der Waals surface area (Å²) in [6, 6.07) is 20.5. The van der Waals surface area contributed by atoms with E-state index in [1.807, 2.05) is 36.4 Å². The van der Waals surface area contributed by atoms with E-state index in [0.717, 1.165) is 6.42 Å². The second-order valence-electron chi connectivity index (χ2n) is 5.45. The summed E-state index contributed by atoms with van der Waals surface area (Å²) in [5.74, 6) is 0. The molecule has 0 aliphatic heterocycles. The van der Waals surface area contributed by atoms with Crippen LogP contribution in [0.25, 0.3) is 0 Å². The molecule has 2 rings (SSSR count). The van der Waals surface area contributed by atoms with Crippen LogP contribution >= 0.6 is 0 Å².